The van der Waals surface area contributed by atoms with E-state index in [0.29, 0.717) is 0 Å². The molecule has 0 radical (unpaired) electrons. The van der Waals surface area contributed by atoms with Crippen molar-refractivity contribution in [2.75, 3.05) is 5.32 Å². The second-order valence-electron chi connectivity index (χ2n) is 2.92. The number of carbonyl (C=O) groups is 1. The molecule has 0 aliphatic rings. The summed E-state index contributed by atoms with van der Waals surface area (Å²) < 4.78 is 0. The number of anilines is 1. The minimum Gasteiger partial charge on any atom is -0.307 e. The summed E-state index contributed by atoms with van der Waals surface area (Å²) >= 11 is 0. The van der Waals surface area contributed by atoms with Gasteiger partial charge in [-0.05, 0) is 31.0 Å². The highest BCUT2D eigenvalue weighted by molar-refractivity contribution is 5.89. The van der Waals surface area contributed by atoms with Crippen molar-refractivity contribution in [2.24, 2.45) is 5.84 Å². The smallest absolute Gasteiger partial charge is 0.307 e. The van der Waals surface area contributed by atoms with Gasteiger partial charge in [0.15, 0.2) is 0 Å². The Morgan fingerprint density at radius 3 is 2.69 bits per heavy atom. The van der Waals surface area contributed by atoms with E-state index in [4.69, 9.17) is 5.84 Å². The third-order valence-electron chi connectivity index (χ3n) is 1.77. The molecule has 0 aromatic heterocycles. The average Bonchev–Trinajstić information content (AvgIpc) is 2.11. The van der Waals surface area contributed by atoms with Crippen LogP contribution in [0.2, 0.25) is 0 Å². The highest BCUT2D eigenvalue weighted by Crippen LogP contribution is 2.15. The van der Waals surface area contributed by atoms with Crippen molar-refractivity contribution in [3.63, 3.8) is 0 Å². The van der Waals surface area contributed by atoms with Gasteiger partial charge in [-0.3, -0.25) is 5.43 Å². The van der Waals surface area contributed by atoms with Crippen LogP contribution >= 0.6 is 0 Å². The Morgan fingerprint density at radius 1 is 1.38 bits per heavy atom. The van der Waals surface area contributed by atoms with Gasteiger partial charge in [0.2, 0.25) is 0 Å². The summed E-state index contributed by atoms with van der Waals surface area (Å²) in [5.74, 6) is 4.95. The molecule has 0 aliphatic heterocycles. The van der Waals surface area contributed by atoms with Crippen LogP contribution in [-0.4, -0.2) is 6.03 Å². The normalized spacial score (nSPS) is 9.46. The third kappa shape index (κ3) is 2.45. The van der Waals surface area contributed by atoms with Crippen LogP contribution in [0.15, 0.2) is 18.2 Å². The molecule has 4 heteroatoms. The molecule has 1 rings (SSSR count). The molecule has 4 nitrogen and oxygen atoms in total. The molecule has 0 aliphatic carbocycles. The second-order valence-corrected chi connectivity index (χ2v) is 2.92. The highest BCUT2D eigenvalue weighted by atomic mass is 16.2. The third-order valence-corrected chi connectivity index (χ3v) is 1.77. The molecule has 1 aromatic carbocycles. The Morgan fingerprint density at radius 2 is 2.08 bits per heavy atom. The predicted molar refractivity (Wildman–Crippen MR) is 52.3 cm³/mol. The lowest BCUT2D eigenvalue weighted by molar-refractivity contribution is 0.252. The van der Waals surface area contributed by atoms with Crippen molar-refractivity contribution in [1.29, 1.82) is 0 Å². The van der Waals surface area contributed by atoms with Gasteiger partial charge in [-0.15, -0.1) is 0 Å². The second kappa shape index (κ2) is 3.91. The van der Waals surface area contributed by atoms with Crippen molar-refractivity contribution in [3.05, 3.63) is 29.3 Å². The molecule has 70 valence electrons. The largest absolute Gasteiger partial charge is 0.333 e. The fourth-order valence-electron chi connectivity index (χ4n) is 1.03. The van der Waals surface area contributed by atoms with Crippen LogP contribution in [-0.2, 0) is 0 Å². The lowest BCUT2D eigenvalue weighted by Crippen LogP contribution is -2.34. The van der Waals surface area contributed by atoms with E-state index >= 15 is 0 Å². The molecule has 0 spiro atoms. The van der Waals surface area contributed by atoms with Crippen molar-refractivity contribution >= 4 is 11.7 Å². The Bertz CT molecular complexity index is 323. The number of amides is 2. The molecule has 13 heavy (non-hydrogen) atoms. The first-order valence-corrected chi connectivity index (χ1v) is 3.98. The molecule has 0 saturated carbocycles. The van der Waals surface area contributed by atoms with Crippen LogP contribution in [0.4, 0.5) is 10.5 Å². The summed E-state index contributed by atoms with van der Waals surface area (Å²) in [6.07, 6.45) is 0. The van der Waals surface area contributed by atoms with Crippen LogP contribution in [0.5, 0.6) is 0 Å². The SMILES string of the molecule is Cc1ccc(C)c(NC(=O)NN)c1. The standard InChI is InChI=1S/C9H13N3O/c1-6-3-4-7(2)8(5-6)11-9(13)12-10/h3-5H,10H2,1-2H3,(H2,11,12,13). The van der Waals surface area contributed by atoms with Crippen LogP contribution in [0, 0.1) is 13.8 Å². The summed E-state index contributed by atoms with van der Waals surface area (Å²) in [6, 6.07) is 5.42. The lowest BCUT2D eigenvalue weighted by Gasteiger charge is -2.07. The zero-order valence-corrected chi connectivity index (χ0v) is 7.72. The molecular formula is C9H13N3O. The summed E-state index contributed by atoms with van der Waals surface area (Å²) in [6.45, 7) is 3.89. The van der Waals surface area contributed by atoms with E-state index in [0.717, 1.165) is 16.8 Å². The average molecular weight is 179 g/mol. The number of hydrogen-bond acceptors (Lipinski definition) is 2. The molecule has 0 heterocycles. The van der Waals surface area contributed by atoms with E-state index < -0.39 is 6.03 Å². The van der Waals surface area contributed by atoms with Crippen molar-refractivity contribution in [1.82, 2.24) is 5.43 Å². The Labute approximate surface area is 77.1 Å². The van der Waals surface area contributed by atoms with Gasteiger partial charge in [-0.2, -0.15) is 0 Å². The first-order chi connectivity index (χ1) is 6.13. The van der Waals surface area contributed by atoms with Gasteiger partial charge in [0, 0.05) is 5.69 Å². The van der Waals surface area contributed by atoms with Crippen molar-refractivity contribution < 1.29 is 4.79 Å². The van der Waals surface area contributed by atoms with Crippen LogP contribution < -0.4 is 16.6 Å². The number of benzene rings is 1. The zero-order valence-electron chi connectivity index (χ0n) is 7.72. The molecular weight excluding hydrogens is 166 g/mol. The predicted octanol–water partition coefficient (Wildman–Crippen LogP) is 1.30. The van der Waals surface area contributed by atoms with E-state index in [9.17, 15) is 4.79 Å². The van der Waals surface area contributed by atoms with Gasteiger partial charge in [-0.1, -0.05) is 12.1 Å². The minimum absolute atomic E-state index is 0.409. The summed E-state index contributed by atoms with van der Waals surface area (Å²) in [5, 5.41) is 2.63. The van der Waals surface area contributed by atoms with E-state index in [1.54, 1.807) is 0 Å². The molecule has 0 bridgehead atoms. The van der Waals surface area contributed by atoms with Crippen molar-refractivity contribution in [2.45, 2.75) is 13.8 Å². The van der Waals surface area contributed by atoms with Gasteiger partial charge in [-0.25, -0.2) is 10.6 Å². The lowest BCUT2D eigenvalue weighted by atomic mass is 10.1. The van der Waals surface area contributed by atoms with Gasteiger partial charge in [0.1, 0.15) is 0 Å². The molecule has 1 aromatic rings. The molecule has 4 N–H and O–H groups in total. The number of urea groups is 1. The minimum atomic E-state index is -0.409. The molecule has 2 amide bonds. The zero-order chi connectivity index (χ0) is 9.84. The number of nitrogens with one attached hydrogen (secondary N) is 2. The number of aryl methyl sites for hydroxylation is 2. The molecule has 0 atom stereocenters. The van der Waals surface area contributed by atoms with E-state index in [-0.39, 0.29) is 0 Å². The molecule has 0 fully saturated rings. The monoisotopic (exact) mass is 179 g/mol. The maximum absolute atomic E-state index is 10.9. The summed E-state index contributed by atoms with van der Waals surface area (Å²) in [7, 11) is 0. The Balaban J connectivity index is 2.87. The van der Waals surface area contributed by atoms with Gasteiger partial charge in [0.25, 0.3) is 0 Å². The Hall–Kier alpha value is -1.55. The first kappa shape index (κ1) is 9.54. The van der Waals surface area contributed by atoms with Gasteiger partial charge < -0.3 is 5.32 Å². The number of carbonyl (C=O) groups excluding carboxylic acids is 1. The number of rotatable bonds is 1. The topological polar surface area (TPSA) is 67.2 Å². The fraction of sp³-hybridized carbons (Fsp3) is 0.222. The molecule has 0 unspecified atom stereocenters. The number of nitrogens with two attached hydrogens (primary N) is 1. The quantitative estimate of drug-likeness (QED) is 0.345. The van der Waals surface area contributed by atoms with Gasteiger partial charge >= 0.3 is 6.03 Å². The van der Waals surface area contributed by atoms with E-state index in [1.807, 2.05) is 37.5 Å². The number of hydrazine groups is 1. The van der Waals surface area contributed by atoms with Crippen LogP contribution in [0.3, 0.4) is 0 Å². The summed E-state index contributed by atoms with van der Waals surface area (Å²) in [5.41, 5.74) is 4.89. The number of hydrogen-bond donors (Lipinski definition) is 3. The maximum atomic E-state index is 10.9. The summed E-state index contributed by atoms with van der Waals surface area (Å²) in [4.78, 5) is 10.9. The van der Waals surface area contributed by atoms with Crippen LogP contribution in [0.1, 0.15) is 11.1 Å². The first-order valence-electron chi connectivity index (χ1n) is 3.98. The molecule has 0 saturated heterocycles. The highest BCUT2D eigenvalue weighted by Gasteiger charge is 2.01. The fourth-order valence-corrected chi connectivity index (χ4v) is 1.03. The Kier molecular flexibility index (Phi) is 2.87. The van der Waals surface area contributed by atoms with Gasteiger partial charge in [0.05, 0.1) is 0 Å². The maximum Gasteiger partial charge on any atom is 0.333 e. The van der Waals surface area contributed by atoms with Crippen molar-refractivity contribution in [3.8, 4) is 0 Å². The van der Waals surface area contributed by atoms with E-state index in [1.165, 1.54) is 0 Å². The van der Waals surface area contributed by atoms with E-state index in [2.05, 4.69) is 5.32 Å². The van der Waals surface area contributed by atoms with Crippen LogP contribution in [0.25, 0.3) is 0 Å².